The molecule has 0 unspecified atom stereocenters. The average Bonchev–Trinajstić information content (AvgIpc) is 3.61. The van der Waals surface area contributed by atoms with E-state index in [4.69, 9.17) is 14.7 Å². The first-order valence-corrected chi connectivity index (χ1v) is 12.3. The van der Waals surface area contributed by atoms with Crippen LogP contribution in [0.5, 0.6) is 5.75 Å². The lowest BCUT2D eigenvalue weighted by Crippen LogP contribution is -1.96. The van der Waals surface area contributed by atoms with Crippen LogP contribution in [0.1, 0.15) is 5.56 Å². The van der Waals surface area contributed by atoms with Gasteiger partial charge in [-0.1, -0.05) is 48.5 Å². The molecule has 0 aliphatic rings. The van der Waals surface area contributed by atoms with E-state index < -0.39 is 0 Å². The molecule has 0 fully saturated rings. The van der Waals surface area contributed by atoms with E-state index in [1.807, 2.05) is 48.5 Å². The van der Waals surface area contributed by atoms with E-state index in [0.29, 0.717) is 57.2 Å². The number of aromatic nitrogens is 7. The summed E-state index contributed by atoms with van der Waals surface area (Å²) in [5.41, 5.74) is 6.85. The highest BCUT2D eigenvalue weighted by Gasteiger charge is 2.18. The Bertz CT molecular complexity index is 1950. The van der Waals surface area contributed by atoms with Crippen LogP contribution in [0.25, 0.3) is 56.0 Å². The van der Waals surface area contributed by atoms with Crippen molar-refractivity contribution < 1.29 is 9.13 Å². The van der Waals surface area contributed by atoms with Crippen molar-refractivity contribution in [3.05, 3.63) is 109 Å². The summed E-state index contributed by atoms with van der Waals surface area (Å²) in [5, 5.41) is 7.51. The van der Waals surface area contributed by atoms with Crippen molar-refractivity contribution in [1.29, 1.82) is 0 Å². The van der Waals surface area contributed by atoms with Crippen LogP contribution >= 0.6 is 0 Å². The third kappa shape index (κ3) is 4.25. The van der Waals surface area contributed by atoms with E-state index in [1.54, 1.807) is 43.0 Å². The number of ether oxygens (including phenoxy) is 1. The number of imidazole rings is 1. The zero-order valence-electron chi connectivity index (χ0n) is 20.5. The van der Waals surface area contributed by atoms with Gasteiger partial charge in [-0.15, -0.1) is 0 Å². The third-order valence-corrected chi connectivity index (χ3v) is 6.45. The molecule has 7 aromatic rings. The number of pyridine rings is 3. The molecular formula is C30H20FN7O. The molecule has 188 valence electrons. The highest BCUT2D eigenvalue weighted by atomic mass is 19.1. The summed E-state index contributed by atoms with van der Waals surface area (Å²) in [4.78, 5) is 21.6. The van der Waals surface area contributed by atoms with E-state index in [2.05, 4.69) is 25.1 Å². The van der Waals surface area contributed by atoms with Gasteiger partial charge >= 0.3 is 0 Å². The number of rotatable bonds is 6. The quantitative estimate of drug-likeness (QED) is 0.269. The van der Waals surface area contributed by atoms with Crippen molar-refractivity contribution in [2.24, 2.45) is 0 Å². The summed E-state index contributed by atoms with van der Waals surface area (Å²) < 4.78 is 20.5. The second kappa shape index (κ2) is 9.46. The van der Waals surface area contributed by atoms with Gasteiger partial charge in [-0.2, -0.15) is 5.10 Å². The maximum atomic E-state index is 14.6. The topological polar surface area (TPSA) is 105 Å². The maximum absolute atomic E-state index is 14.6. The Balaban J connectivity index is 1.25. The Morgan fingerprint density at radius 2 is 1.59 bits per heavy atom. The Morgan fingerprint density at radius 3 is 2.49 bits per heavy atom. The molecule has 2 aromatic carbocycles. The Kier molecular flexibility index (Phi) is 5.51. The van der Waals surface area contributed by atoms with Crippen LogP contribution in [0.2, 0.25) is 0 Å². The van der Waals surface area contributed by atoms with Gasteiger partial charge in [-0.3, -0.25) is 15.1 Å². The van der Waals surface area contributed by atoms with Crippen molar-refractivity contribution in [1.82, 2.24) is 35.1 Å². The van der Waals surface area contributed by atoms with E-state index >= 15 is 0 Å². The molecule has 0 radical (unpaired) electrons. The smallest absolute Gasteiger partial charge is 0.161 e. The number of nitrogens with one attached hydrogen (secondary N) is 2. The van der Waals surface area contributed by atoms with E-state index in [0.717, 1.165) is 16.6 Å². The molecule has 9 heteroatoms. The summed E-state index contributed by atoms with van der Waals surface area (Å²) in [5.74, 6) is 0.817. The number of halogens is 1. The molecular weight excluding hydrogens is 493 g/mol. The van der Waals surface area contributed by atoms with Gasteiger partial charge in [0.25, 0.3) is 0 Å². The van der Waals surface area contributed by atoms with Crippen molar-refractivity contribution in [3.8, 4) is 39.7 Å². The van der Waals surface area contributed by atoms with E-state index in [-0.39, 0.29) is 5.82 Å². The van der Waals surface area contributed by atoms with Crippen LogP contribution in [-0.4, -0.2) is 35.1 Å². The zero-order chi connectivity index (χ0) is 26.2. The largest absolute Gasteiger partial charge is 0.487 e. The van der Waals surface area contributed by atoms with Gasteiger partial charge in [0.05, 0.1) is 29.1 Å². The second-order valence-electron chi connectivity index (χ2n) is 9.00. The van der Waals surface area contributed by atoms with Crippen molar-refractivity contribution in [3.63, 3.8) is 0 Å². The standard InChI is InChI=1S/C30H20FN7O/c31-23-9-5-4-8-21(23)22-15-33-16-26-27(22)36-30(35-26)29-28-25(37-38-29)11-10-24(34-28)19-12-20(14-32-13-19)39-17-18-6-2-1-3-7-18/h1-16H,17H2,(H,35,36)(H,37,38). The van der Waals surface area contributed by atoms with Gasteiger partial charge in [0, 0.05) is 29.1 Å². The van der Waals surface area contributed by atoms with Gasteiger partial charge < -0.3 is 9.72 Å². The van der Waals surface area contributed by atoms with E-state index in [9.17, 15) is 4.39 Å². The van der Waals surface area contributed by atoms with Crippen LogP contribution in [-0.2, 0) is 6.61 Å². The van der Waals surface area contributed by atoms with Crippen molar-refractivity contribution >= 4 is 22.1 Å². The second-order valence-corrected chi connectivity index (χ2v) is 9.00. The highest BCUT2D eigenvalue weighted by Crippen LogP contribution is 2.32. The molecule has 0 spiro atoms. The summed E-state index contributed by atoms with van der Waals surface area (Å²) in [6, 6.07) is 22.3. The van der Waals surface area contributed by atoms with Crippen LogP contribution in [0, 0.1) is 5.82 Å². The minimum Gasteiger partial charge on any atom is -0.487 e. The number of benzene rings is 2. The molecule has 5 aromatic heterocycles. The van der Waals surface area contributed by atoms with E-state index in [1.165, 1.54) is 6.07 Å². The summed E-state index contributed by atoms with van der Waals surface area (Å²) >= 11 is 0. The first-order valence-electron chi connectivity index (χ1n) is 12.3. The SMILES string of the molecule is Fc1ccccc1-c1cncc2[nH]c(-c3n[nH]c4ccc(-c5cncc(OCc6ccccc6)c5)nc34)nc12. The lowest BCUT2D eigenvalue weighted by molar-refractivity contribution is 0.305. The molecule has 0 amide bonds. The monoisotopic (exact) mass is 513 g/mol. The number of fused-ring (bicyclic) bond motifs is 2. The number of aromatic amines is 2. The summed E-state index contributed by atoms with van der Waals surface area (Å²) in [6.07, 6.45) is 6.71. The number of hydrogen-bond donors (Lipinski definition) is 2. The molecule has 7 rings (SSSR count). The van der Waals surface area contributed by atoms with Crippen LogP contribution in [0.3, 0.4) is 0 Å². The first-order chi connectivity index (χ1) is 19.2. The molecule has 0 atom stereocenters. The molecule has 0 bridgehead atoms. The fourth-order valence-electron chi connectivity index (χ4n) is 4.53. The average molecular weight is 514 g/mol. The highest BCUT2D eigenvalue weighted by molar-refractivity contribution is 5.95. The number of H-pyrrole nitrogens is 2. The lowest BCUT2D eigenvalue weighted by atomic mass is 10.1. The van der Waals surface area contributed by atoms with Gasteiger partial charge in [0.15, 0.2) is 11.5 Å². The first kappa shape index (κ1) is 22.7. The molecule has 5 heterocycles. The number of nitrogens with zero attached hydrogens (tertiary/aromatic N) is 5. The minimum atomic E-state index is -0.337. The fraction of sp³-hybridized carbons (Fsp3) is 0.0333. The number of hydrogen-bond acceptors (Lipinski definition) is 6. The van der Waals surface area contributed by atoms with Gasteiger partial charge in [-0.05, 0) is 29.8 Å². The molecule has 0 saturated heterocycles. The molecule has 8 nitrogen and oxygen atoms in total. The normalized spacial score (nSPS) is 11.3. The van der Waals surface area contributed by atoms with Crippen LogP contribution in [0.4, 0.5) is 4.39 Å². The maximum Gasteiger partial charge on any atom is 0.161 e. The van der Waals surface area contributed by atoms with Gasteiger partial charge in [0.2, 0.25) is 0 Å². The lowest BCUT2D eigenvalue weighted by Gasteiger charge is -2.08. The summed E-state index contributed by atoms with van der Waals surface area (Å²) in [6.45, 7) is 0.445. The van der Waals surface area contributed by atoms with Crippen LogP contribution in [0.15, 0.2) is 97.6 Å². The molecule has 0 saturated carbocycles. The molecule has 0 aliphatic carbocycles. The minimum absolute atomic E-state index is 0.337. The fourth-order valence-corrected chi connectivity index (χ4v) is 4.53. The molecule has 0 aliphatic heterocycles. The zero-order valence-corrected chi connectivity index (χ0v) is 20.5. The predicted octanol–water partition coefficient (Wildman–Crippen LogP) is 6.34. The Hall–Kier alpha value is -5.44. The van der Waals surface area contributed by atoms with Gasteiger partial charge in [-0.25, -0.2) is 14.4 Å². The Morgan fingerprint density at radius 1 is 0.744 bits per heavy atom. The van der Waals surface area contributed by atoms with Gasteiger partial charge in [0.1, 0.15) is 29.2 Å². The van der Waals surface area contributed by atoms with Crippen molar-refractivity contribution in [2.45, 2.75) is 6.61 Å². The third-order valence-electron chi connectivity index (χ3n) is 6.45. The molecule has 39 heavy (non-hydrogen) atoms. The van der Waals surface area contributed by atoms with Crippen LogP contribution < -0.4 is 4.74 Å². The predicted molar refractivity (Wildman–Crippen MR) is 146 cm³/mol. The summed E-state index contributed by atoms with van der Waals surface area (Å²) in [7, 11) is 0. The molecule has 2 N–H and O–H groups in total. The Labute approximate surface area is 221 Å². The van der Waals surface area contributed by atoms with Crippen molar-refractivity contribution in [2.75, 3.05) is 0 Å².